The Morgan fingerprint density at radius 3 is 3.18 bits per heavy atom. The van der Waals surface area contributed by atoms with Crippen molar-refractivity contribution in [3.63, 3.8) is 0 Å². The molecule has 1 aliphatic rings. The standard InChI is InChI=1S/C12H15ClN2O2/c13-9-4-5-14-11(7-9)12(16)15-8-10-3-1-2-6-17-10/h4-5,7,10H,1-3,6,8H2,(H,15,16). The minimum absolute atomic E-state index is 0.131. The predicted octanol–water partition coefficient (Wildman–Crippen LogP) is 2.03. The van der Waals surface area contributed by atoms with Crippen molar-refractivity contribution in [1.82, 2.24) is 10.3 Å². The first-order chi connectivity index (χ1) is 8.25. The van der Waals surface area contributed by atoms with Crippen LogP contribution in [0.3, 0.4) is 0 Å². The van der Waals surface area contributed by atoms with Crippen molar-refractivity contribution < 1.29 is 9.53 Å². The van der Waals surface area contributed by atoms with Gasteiger partial charge in [0.05, 0.1) is 6.10 Å². The second kappa shape index (κ2) is 5.98. The quantitative estimate of drug-likeness (QED) is 0.898. The molecular formula is C12H15ClN2O2. The molecule has 92 valence electrons. The lowest BCUT2D eigenvalue weighted by atomic mass is 10.1. The molecule has 1 aromatic heterocycles. The Morgan fingerprint density at radius 2 is 2.47 bits per heavy atom. The van der Waals surface area contributed by atoms with Gasteiger partial charge in [0.25, 0.3) is 5.91 Å². The van der Waals surface area contributed by atoms with Gasteiger partial charge in [0.1, 0.15) is 5.69 Å². The Labute approximate surface area is 105 Å². The molecule has 4 nitrogen and oxygen atoms in total. The maximum Gasteiger partial charge on any atom is 0.270 e. The lowest BCUT2D eigenvalue weighted by Gasteiger charge is -2.22. The molecule has 0 spiro atoms. The van der Waals surface area contributed by atoms with Crippen LogP contribution in [0.1, 0.15) is 29.8 Å². The zero-order valence-corrected chi connectivity index (χ0v) is 10.2. The highest BCUT2D eigenvalue weighted by Gasteiger charge is 2.15. The largest absolute Gasteiger partial charge is 0.376 e. The maximum atomic E-state index is 11.8. The number of halogens is 1. The predicted molar refractivity (Wildman–Crippen MR) is 65.2 cm³/mol. The summed E-state index contributed by atoms with van der Waals surface area (Å²) >= 11 is 5.79. The van der Waals surface area contributed by atoms with Crippen LogP contribution < -0.4 is 5.32 Å². The number of carbonyl (C=O) groups is 1. The van der Waals surface area contributed by atoms with E-state index in [1.807, 2.05) is 0 Å². The Kier molecular flexibility index (Phi) is 4.34. The monoisotopic (exact) mass is 254 g/mol. The second-order valence-electron chi connectivity index (χ2n) is 4.06. The molecule has 1 saturated heterocycles. The molecule has 1 unspecified atom stereocenters. The zero-order chi connectivity index (χ0) is 12.1. The molecule has 5 heteroatoms. The summed E-state index contributed by atoms with van der Waals surface area (Å²) in [5.41, 5.74) is 0.341. The van der Waals surface area contributed by atoms with Gasteiger partial charge in [0.2, 0.25) is 0 Å². The van der Waals surface area contributed by atoms with Crippen molar-refractivity contribution in [2.24, 2.45) is 0 Å². The van der Waals surface area contributed by atoms with Crippen LogP contribution >= 0.6 is 11.6 Å². The van der Waals surface area contributed by atoms with Crippen LogP contribution in [-0.4, -0.2) is 30.1 Å². The fourth-order valence-electron chi connectivity index (χ4n) is 1.79. The van der Waals surface area contributed by atoms with Crippen molar-refractivity contribution in [1.29, 1.82) is 0 Å². The van der Waals surface area contributed by atoms with Gasteiger partial charge in [0.15, 0.2) is 0 Å². The average Bonchev–Trinajstić information content (AvgIpc) is 2.37. The molecule has 0 aliphatic carbocycles. The SMILES string of the molecule is O=C(NCC1CCCCO1)c1cc(Cl)ccn1. The molecule has 0 radical (unpaired) electrons. The van der Waals surface area contributed by atoms with Gasteiger partial charge in [-0.2, -0.15) is 0 Å². The van der Waals surface area contributed by atoms with Crippen LogP contribution in [0.4, 0.5) is 0 Å². The number of nitrogens with one attached hydrogen (secondary N) is 1. The minimum Gasteiger partial charge on any atom is -0.376 e. The molecule has 1 atom stereocenters. The zero-order valence-electron chi connectivity index (χ0n) is 9.49. The highest BCUT2D eigenvalue weighted by molar-refractivity contribution is 6.30. The van der Waals surface area contributed by atoms with E-state index in [4.69, 9.17) is 16.3 Å². The summed E-state index contributed by atoms with van der Waals surface area (Å²) in [6.45, 7) is 1.32. The smallest absolute Gasteiger partial charge is 0.270 e. The van der Waals surface area contributed by atoms with Gasteiger partial charge >= 0.3 is 0 Å². The molecule has 17 heavy (non-hydrogen) atoms. The van der Waals surface area contributed by atoms with Gasteiger partial charge in [0, 0.05) is 24.4 Å². The summed E-state index contributed by atoms with van der Waals surface area (Å²) in [5, 5.41) is 3.32. The van der Waals surface area contributed by atoms with Crippen LogP contribution in [0.2, 0.25) is 5.02 Å². The summed E-state index contributed by atoms with van der Waals surface area (Å²) in [4.78, 5) is 15.7. The molecule has 0 saturated carbocycles. The number of hydrogen-bond acceptors (Lipinski definition) is 3. The molecule has 0 aromatic carbocycles. The fourth-order valence-corrected chi connectivity index (χ4v) is 1.95. The third kappa shape index (κ3) is 3.68. The summed E-state index contributed by atoms with van der Waals surface area (Å²) in [7, 11) is 0. The Balaban J connectivity index is 1.84. The van der Waals surface area contributed by atoms with Gasteiger partial charge in [-0.15, -0.1) is 0 Å². The second-order valence-corrected chi connectivity index (χ2v) is 4.49. The van der Waals surface area contributed by atoms with Crippen LogP contribution in [0.25, 0.3) is 0 Å². The van der Waals surface area contributed by atoms with E-state index in [1.165, 1.54) is 6.20 Å². The number of amides is 1. The van der Waals surface area contributed by atoms with E-state index in [9.17, 15) is 4.79 Å². The lowest BCUT2D eigenvalue weighted by molar-refractivity contribution is 0.0168. The van der Waals surface area contributed by atoms with Crippen molar-refractivity contribution in [2.75, 3.05) is 13.2 Å². The Bertz CT molecular complexity index is 392. The van der Waals surface area contributed by atoms with Gasteiger partial charge in [-0.1, -0.05) is 11.6 Å². The first-order valence-corrected chi connectivity index (χ1v) is 6.15. The van der Waals surface area contributed by atoms with Crippen LogP contribution in [0, 0.1) is 0 Å². The average molecular weight is 255 g/mol. The number of hydrogen-bond donors (Lipinski definition) is 1. The van der Waals surface area contributed by atoms with Crippen LogP contribution in [-0.2, 0) is 4.74 Å². The third-order valence-electron chi connectivity index (χ3n) is 2.72. The minimum atomic E-state index is -0.207. The van der Waals surface area contributed by atoms with Crippen molar-refractivity contribution in [2.45, 2.75) is 25.4 Å². The normalized spacial score (nSPS) is 19.9. The maximum absolute atomic E-state index is 11.8. The van der Waals surface area contributed by atoms with E-state index in [0.717, 1.165) is 25.9 Å². The van der Waals surface area contributed by atoms with Gasteiger partial charge < -0.3 is 10.1 Å². The molecule has 1 aromatic rings. The highest BCUT2D eigenvalue weighted by Crippen LogP contribution is 2.12. The number of carbonyl (C=O) groups excluding carboxylic acids is 1. The molecule has 1 fully saturated rings. The summed E-state index contributed by atoms with van der Waals surface area (Å²) in [5.74, 6) is -0.207. The van der Waals surface area contributed by atoms with Crippen LogP contribution in [0.5, 0.6) is 0 Å². The molecule has 1 N–H and O–H groups in total. The number of ether oxygens (including phenoxy) is 1. The highest BCUT2D eigenvalue weighted by atomic mass is 35.5. The number of nitrogens with zero attached hydrogens (tertiary/aromatic N) is 1. The van der Waals surface area contributed by atoms with Crippen molar-refractivity contribution in [3.05, 3.63) is 29.0 Å². The first kappa shape index (κ1) is 12.3. The third-order valence-corrected chi connectivity index (χ3v) is 2.95. The van der Waals surface area contributed by atoms with E-state index in [-0.39, 0.29) is 12.0 Å². The van der Waals surface area contributed by atoms with Crippen molar-refractivity contribution >= 4 is 17.5 Å². The molecule has 0 bridgehead atoms. The topological polar surface area (TPSA) is 51.2 Å². The van der Waals surface area contributed by atoms with Crippen LogP contribution in [0.15, 0.2) is 18.3 Å². The summed E-state index contributed by atoms with van der Waals surface area (Å²) in [6, 6.07) is 3.20. The molecule has 1 amide bonds. The lowest BCUT2D eigenvalue weighted by Crippen LogP contribution is -2.35. The van der Waals surface area contributed by atoms with E-state index >= 15 is 0 Å². The summed E-state index contributed by atoms with van der Waals surface area (Å²) < 4.78 is 5.53. The van der Waals surface area contributed by atoms with E-state index in [1.54, 1.807) is 12.1 Å². The number of pyridine rings is 1. The van der Waals surface area contributed by atoms with Crippen molar-refractivity contribution in [3.8, 4) is 0 Å². The van der Waals surface area contributed by atoms with E-state index in [0.29, 0.717) is 17.3 Å². The van der Waals surface area contributed by atoms with Gasteiger partial charge in [-0.05, 0) is 31.4 Å². The van der Waals surface area contributed by atoms with E-state index < -0.39 is 0 Å². The Morgan fingerprint density at radius 1 is 1.59 bits per heavy atom. The van der Waals surface area contributed by atoms with Gasteiger partial charge in [-0.3, -0.25) is 9.78 Å². The number of aromatic nitrogens is 1. The molecule has 2 rings (SSSR count). The summed E-state index contributed by atoms with van der Waals surface area (Å²) in [6.07, 6.45) is 4.93. The molecule has 2 heterocycles. The number of rotatable bonds is 3. The molecule has 1 aliphatic heterocycles. The fraction of sp³-hybridized carbons (Fsp3) is 0.500. The van der Waals surface area contributed by atoms with E-state index in [2.05, 4.69) is 10.3 Å². The van der Waals surface area contributed by atoms with Gasteiger partial charge in [-0.25, -0.2) is 0 Å². The molecular weight excluding hydrogens is 240 g/mol. The Hall–Kier alpha value is -1.13. The first-order valence-electron chi connectivity index (χ1n) is 5.77.